The number of thiocarbonyl (C=S) groups is 3. The molecule has 0 aliphatic rings. The molecule has 26 N–H and O–H groups in total. The lowest BCUT2D eigenvalue weighted by Crippen LogP contribution is -2.44. The number of alkyl carbamates (subject to hydrolysis) is 3. The molecule has 0 aromatic heterocycles. The van der Waals surface area contributed by atoms with Crippen LogP contribution < -0.4 is 70.5 Å². The van der Waals surface area contributed by atoms with Crippen molar-refractivity contribution >= 4 is 128 Å². The maximum absolute atomic E-state index is 12.8. The van der Waals surface area contributed by atoms with Crippen molar-refractivity contribution in [3.63, 3.8) is 0 Å². The fraction of sp³-hybridized carbons (Fsp3) is 0.494. The third-order valence-electron chi connectivity index (χ3n) is 12.7. The Morgan fingerprint density at radius 1 is 0.359 bits per heavy atom. The molecule has 0 fully saturated rings. The van der Waals surface area contributed by atoms with E-state index in [1.807, 2.05) is 104 Å². The van der Waals surface area contributed by atoms with Gasteiger partial charge in [0, 0.05) is 34.0 Å². The molecule has 5 aromatic carbocycles. The molecular formula is C87H143N11O29S4. The van der Waals surface area contributed by atoms with Gasteiger partial charge < -0.3 is 130 Å². The first-order valence-corrected chi connectivity index (χ1v) is 41.8. The van der Waals surface area contributed by atoms with Crippen LogP contribution in [0.4, 0.5) is 14.4 Å². The number of esters is 2. The molecule has 0 aliphatic heterocycles. The summed E-state index contributed by atoms with van der Waals surface area (Å²) in [6.45, 7) is 38.4. The van der Waals surface area contributed by atoms with Crippen molar-refractivity contribution in [3.05, 3.63) is 149 Å². The maximum atomic E-state index is 12.8. The van der Waals surface area contributed by atoms with E-state index in [1.54, 1.807) is 120 Å². The van der Waals surface area contributed by atoms with Gasteiger partial charge in [-0.2, -0.15) is 8.42 Å². The zero-order chi connectivity index (χ0) is 103. The number of aromatic carboxylic acids is 3. The molecule has 44 heteroatoms. The van der Waals surface area contributed by atoms with E-state index in [9.17, 15) is 57.8 Å². The van der Waals surface area contributed by atoms with E-state index >= 15 is 0 Å². The minimum absolute atomic E-state index is 0. The van der Waals surface area contributed by atoms with Crippen LogP contribution in [0.3, 0.4) is 0 Å². The summed E-state index contributed by atoms with van der Waals surface area (Å²) in [7, 11) is 2.94. The highest BCUT2D eigenvalue weighted by atomic mass is 32.3. The van der Waals surface area contributed by atoms with Gasteiger partial charge in [-0.1, -0.05) is 105 Å². The van der Waals surface area contributed by atoms with Crippen LogP contribution in [-0.4, -0.2) is 227 Å². The number of hydrogen-bond acceptors (Lipinski definition) is 29. The molecule has 131 heavy (non-hydrogen) atoms. The number of carboxylic acids is 4. The fourth-order valence-corrected chi connectivity index (χ4v) is 8.17. The van der Waals surface area contributed by atoms with Crippen LogP contribution in [0.25, 0.3) is 0 Å². The van der Waals surface area contributed by atoms with Crippen molar-refractivity contribution in [1.82, 2.24) is 26.6 Å². The largest absolute Gasteiger partial charge is 0.507 e. The summed E-state index contributed by atoms with van der Waals surface area (Å²) in [6, 6.07) is 28.4. The molecular weight excluding hydrogens is 1790 g/mol. The quantitative estimate of drug-likeness (QED) is 0.0140. The number of carbonyl (C=O) groups excluding carboxylic acids is 7. The van der Waals surface area contributed by atoms with Gasteiger partial charge >= 0.3 is 64.5 Å². The van der Waals surface area contributed by atoms with E-state index in [4.69, 9.17) is 116 Å². The molecule has 5 rings (SSSR count). The zero-order valence-electron chi connectivity index (χ0n) is 78.8. The molecule has 0 radical (unpaired) electrons. The standard InChI is InChI=1S/C20H30N2O4S.C12H14N2O4S.C11H14O3.C9H18N2O2S.2C7H6O3.3C6H13NO2.2CH5N.CH4.H2O4S/c1-19(2,3)25-15-10-8-7-9-13(15)17(23)22-14(11-12-16(21)27)18(24)26-20(4,5)6;13-10(19)6-5-8(12(17)18)14-11(16)7-3-1-2-4-9(7)15;1-11(2,3)14-9-7-5-4-6-8(9)10(12)13;1-9(2,3)13-8(12)6(10)4-5-7(11)14;2*8-6-4-2-1-3-5(6)7(9)10;3*1-6(2,3)9-5(8)7-4;2*1-2;;1-5(2,3)4/h7-10,14H,11-12H2,1-6H3,(H2,21,27)(H,22,23);1-4,8,15H,5-6H2,(H2,13,19)(H,14,16)(H,17,18);4-7H,1-3H3,(H,12,13);6H,4-5,10H2,1-3H3,(H2,11,14);2*1-4,8H,(H,9,10);3*1-4H3,(H,7,8);2*2H2,1H3;1H4;(H2,1,2,3,4). The lowest BCUT2D eigenvalue weighted by molar-refractivity contribution is -0.158. The Hall–Kier alpha value is -11.9. The first-order chi connectivity index (χ1) is 59.1. The van der Waals surface area contributed by atoms with E-state index < -0.39 is 93.0 Å². The van der Waals surface area contributed by atoms with Crippen molar-refractivity contribution in [3.8, 4) is 28.7 Å². The van der Waals surface area contributed by atoms with Gasteiger partial charge in [-0.15, -0.1) is 0 Å². The Balaban J connectivity index is -0.000000219. The number of carbonyl (C=O) groups is 11. The topological polar surface area (TPSA) is 685 Å². The second-order valence-corrected chi connectivity index (χ2v) is 35.1. The number of carboxylic acid groups (broad SMARTS) is 4. The number of hydrogen-bond donors (Lipinski definition) is 20. The van der Waals surface area contributed by atoms with Gasteiger partial charge in [-0.3, -0.25) is 23.5 Å². The number of nitrogens with one attached hydrogen (secondary N) is 5. The number of aromatic hydroxyl groups is 3. The molecule has 0 heterocycles. The van der Waals surface area contributed by atoms with Gasteiger partial charge in [-0.05, 0) is 246 Å². The van der Waals surface area contributed by atoms with E-state index in [1.165, 1.54) is 77.7 Å². The Morgan fingerprint density at radius 3 is 0.832 bits per heavy atom. The molecule has 0 aliphatic carbocycles. The lowest BCUT2D eigenvalue weighted by Gasteiger charge is -2.26. The van der Waals surface area contributed by atoms with Crippen molar-refractivity contribution in [2.24, 2.45) is 34.4 Å². The van der Waals surface area contributed by atoms with Crippen molar-refractivity contribution < 1.29 is 139 Å². The summed E-state index contributed by atoms with van der Waals surface area (Å²) in [5.41, 5.74) is 28.0. The summed E-state index contributed by atoms with van der Waals surface area (Å²) < 4.78 is 68.0. The molecule has 0 saturated heterocycles. The minimum Gasteiger partial charge on any atom is -0.507 e. The number of rotatable bonds is 21. The SMILES string of the molecule is C.CC(C)(C)OC(=O)C(CCC(N)=S)NC(=O)c1ccccc1OC(C)(C)C.CC(C)(C)OC(=O)C(N)CCC(N)=S.CC(C)(C)Oc1ccccc1C(=O)O.CN.CN.CNC(=O)OC(C)(C)C.CNC(=O)OC(C)(C)C.CNC(=O)OC(C)(C)C.NC(=S)CCC(NC(=O)c1ccccc1O)C(=O)O.O=C(O)c1ccccc1O.O=C(O)c1ccccc1O.O=S(=O)(O)O. The molecule has 0 spiro atoms. The van der Waals surface area contributed by atoms with Crippen LogP contribution in [0.2, 0.25) is 0 Å². The van der Waals surface area contributed by atoms with Crippen molar-refractivity contribution in [2.45, 2.75) is 249 Å². The van der Waals surface area contributed by atoms with Crippen LogP contribution in [0.15, 0.2) is 121 Å². The summed E-state index contributed by atoms with van der Waals surface area (Å²) in [5.74, 6) is -6.14. The van der Waals surface area contributed by atoms with Gasteiger partial charge in [0.25, 0.3) is 11.8 Å². The number of aliphatic carboxylic acids is 1. The first kappa shape index (κ1) is 135. The predicted molar refractivity (Wildman–Crippen MR) is 514 cm³/mol. The zero-order valence-corrected chi connectivity index (χ0v) is 82.1. The molecule has 40 nitrogen and oxygen atoms in total. The van der Waals surface area contributed by atoms with Crippen LogP contribution in [-0.2, 0) is 48.5 Å². The Labute approximate surface area is 785 Å². The van der Waals surface area contributed by atoms with Crippen LogP contribution >= 0.6 is 36.7 Å². The van der Waals surface area contributed by atoms with Crippen molar-refractivity contribution in [2.75, 3.05) is 35.2 Å². The number of phenolic OH excluding ortho intramolecular Hbond substituents is 1. The molecule has 0 saturated carbocycles. The van der Waals surface area contributed by atoms with E-state index in [-0.39, 0.29) is 117 Å². The van der Waals surface area contributed by atoms with Gasteiger partial charge in [0.05, 0.1) is 26.1 Å². The van der Waals surface area contributed by atoms with Crippen LogP contribution in [0.1, 0.15) is 243 Å². The minimum atomic E-state index is -4.67. The Kier molecular flexibility index (Phi) is 69.1. The van der Waals surface area contributed by atoms with E-state index in [2.05, 4.69) is 62.5 Å². The molecule has 744 valence electrons. The van der Waals surface area contributed by atoms with Gasteiger partial charge in [-0.25, -0.2) is 38.4 Å². The van der Waals surface area contributed by atoms with Crippen LogP contribution in [0, 0.1) is 0 Å². The molecule has 3 atom stereocenters. The van der Waals surface area contributed by atoms with Crippen molar-refractivity contribution in [1.29, 1.82) is 0 Å². The number of phenols is 3. The van der Waals surface area contributed by atoms with Gasteiger partial charge in [0.1, 0.15) is 103 Å². The lowest BCUT2D eigenvalue weighted by atomic mass is 10.1. The van der Waals surface area contributed by atoms with Gasteiger partial charge in [0.2, 0.25) is 0 Å². The van der Waals surface area contributed by atoms with Crippen LogP contribution in [0.5, 0.6) is 28.7 Å². The molecule has 0 bridgehead atoms. The Bertz CT molecular complexity index is 4300. The summed E-state index contributed by atoms with van der Waals surface area (Å²) in [4.78, 5) is 123. The third kappa shape index (κ3) is 82.3. The molecule has 5 amide bonds. The smallest absolute Gasteiger partial charge is 0.407 e. The third-order valence-corrected chi connectivity index (χ3v) is 13.3. The second kappa shape index (κ2) is 67.3. The fourth-order valence-electron chi connectivity index (χ4n) is 7.81. The maximum Gasteiger partial charge on any atom is 0.407 e. The first-order valence-electron chi connectivity index (χ1n) is 39.2. The number of nitrogens with two attached hydrogens (primary N) is 6. The van der Waals surface area contributed by atoms with E-state index in [0.29, 0.717) is 41.3 Å². The summed E-state index contributed by atoms with van der Waals surface area (Å²) >= 11 is 14.2. The highest BCUT2D eigenvalue weighted by Crippen LogP contribution is 2.26. The Morgan fingerprint density at radius 2 is 0.588 bits per heavy atom. The molecule has 5 aromatic rings. The highest BCUT2D eigenvalue weighted by Gasteiger charge is 2.30. The number of benzene rings is 5. The summed E-state index contributed by atoms with van der Waals surface area (Å²) in [6.07, 6.45) is 0.641. The number of amides is 5. The second-order valence-electron chi connectivity index (χ2n) is 32.7. The summed E-state index contributed by atoms with van der Waals surface area (Å²) in [5, 5.41) is 74.1. The highest BCUT2D eigenvalue weighted by molar-refractivity contribution is 7.80. The number of ether oxygens (including phenoxy) is 7. The normalized spacial score (nSPS) is 11.1. The number of para-hydroxylation sites is 5. The average molecular weight is 1940 g/mol. The average Bonchev–Trinajstić information content (AvgIpc) is 0.842. The van der Waals surface area contributed by atoms with E-state index in [0.717, 1.165) is 0 Å². The molecule has 3 unspecified atom stereocenters. The van der Waals surface area contributed by atoms with Gasteiger partial charge in [0.15, 0.2) is 0 Å². The predicted octanol–water partition coefficient (Wildman–Crippen LogP) is 12.0. The monoisotopic (exact) mass is 1930 g/mol.